The van der Waals surface area contributed by atoms with Crippen molar-refractivity contribution in [1.29, 1.82) is 0 Å². The predicted molar refractivity (Wildman–Crippen MR) is 108 cm³/mol. The first kappa shape index (κ1) is 18.6. The standard InChI is InChI=1S/C20H28N4O2S/c1-11-4-5-14-15(10-11)27-20-18(14)19(26)22-16(23-20)6-7-17(25)24-9-8-21-12(2)13(24)3/h11-13,21H,4-10H2,1-3H3,(H,22,23,26). The molecule has 1 amide bonds. The zero-order valence-electron chi connectivity index (χ0n) is 16.3. The Morgan fingerprint density at radius 1 is 1.33 bits per heavy atom. The number of hydrogen-bond acceptors (Lipinski definition) is 5. The fourth-order valence-corrected chi connectivity index (χ4v) is 5.69. The third kappa shape index (κ3) is 3.55. The van der Waals surface area contributed by atoms with Gasteiger partial charge in [-0.25, -0.2) is 4.98 Å². The maximum atomic E-state index is 12.7. The van der Waals surface area contributed by atoms with Crippen molar-refractivity contribution in [3.8, 4) is 0 Å². The molecule has 0 aromatic carbocycles. The van der Waals surface area contributed by atoms with Gasteiger partial charge in [0.25, 0.3) is 5.56 Å². The maximum absolute atomic E-state index is 12.7. The van der Waals surface area contributed by atoms with Crippen LogP contribution in [0.4, 0.5) is 0 Å². The third-order valence-electron chi connectivity index (χ3n) is 6.14. The Hall–Kier alpha value is -1.73. The molecule has 4 rings (SSSR count). The smallest absolute Gasteiger partial charge is 0.259 e. The van der Waals surface area contributed by atoms with Crippen molar-refractivity contribution < 1.29 is 4.79 Å². The number of aromatic nitrogens is 2. The van der Waals surface area contributed by atoms with Crippen LogP contribution in [0.3, 0.4) is 0 Å². The van der Waals surface area contributed by atoms with Crippen molar-refractivity contribution in [3.05, 3.63) is 26.6 Å². The van der Waals surface area contributed by atoms with E-state index in [4.69, 9.17) is 4.98 Å². The molecule has 3 unspecified atom stereocenters. The molecule has 0 saturated carbocycles. The Kier molecular flexibility index (Phi) is 5.07. The van der Waals surface area contributed by atoms with Gasteiger partial charge in [-0.05, 0) is 44.6 Å². The number of carbonyl (C=O) groups excluding carboxylic acids is 1. The molecule has 2 N–H and O–H groups in total. The second-order valence-corrected chi connectivity index (χ2v) is 9.20. The minimum atomic E-state index is -0.0429. The first-order chi connectivity index (χ1) is 12.9. The van der Waals surface area contributed by atoms with Crippen molar-refractivity contribution >= 4 is 27.5 Å². The molecular formula is C20H28N4O2S. The van der Waals surface area contributed by atoms with Gasteiger partial charge in [0.1, 0.15) is 10.7 Å². The monoisotopic (exact) mass is 388 g/mol. The molecular weight excluding hydrogens is 360 g/mol. The normalized spacial score (nSPS) is 25.6. The van der Waals surface area contributed by atoms with Gasteiger partial charge in [0, 0.05) is 42.9 Å². The molecule has 146 valence electrons. The van der Waals surface area contributed by atoms with Gasteiger partial charge in [0.15, 0.2) is 0 Å². The lowest BCUT2D eigenvalue weighted by molar-refractivity contribution is -0.134. The van der Waals surface area contributed by atoms with Gasteiger partial charge >= 0.3 is 0 Å². The second-order valence-electron chi connectivity index (χ2n) is 8.12. The van der Waals surface area contributed by atoms with Crippen LogP contribution in [0.15, 0.2) is 4.79 Å². The van der Waals surface area contributed by atoms with E-state index in [-0.39, 0.29) is 17.5 Å². The summed E-state index contributed by atoms with van der Waals surface area (Å²) >= 11 is 1.66. The van der Waals surface area contributed by atoms with E-state index < -0.39 is 0 Å². The van der Waals surface area contributed by atoms with E-state index in [0.717, 1.165) is 42.6 Å². The lowest BCUT2D eigenvalue weighted by Gasteiger charge is -2.38. The quantitative estimate of drug-likeness (QED) is 0.845. The van der Waals surface area contributed by atoms with E-state index in [9.17, 15) is 9.59 Å². The van der Waals surface area contributed by atoms with E-state index in [1.54, 1.807) is 11.3 Å². The van der Waals surface area contributed by atoms with Gasteiger partial charge in [-0.2, -0.15) is 0 Å². The molecule has 0 spiro atoms. The van der Waals surface area contributed by atoms with Crippen LogP contribution in [0.5, 0.6) is 0 Å². The first-order valence-corrected chi connectivity index (χ1v) is 10.8. The highest BCUT2D eigenvalue weighted by Crippen LogP contribution is 2.35. The zero-order valence-corrected chi connectivity index (χ0v) is 17.1. The number of thiophene rings is 1. The maximum Gasteiger partial charge on any atom is 0.259 e. The Morgan fingerprint density at radius 2 is 2.15 bits per heavy atom. The summed E-state index contributed by atoms with van der Waals surface area (Å²) in [4.78, 5) is 37.0. The number of nitrogens with zero attached hydrogens (tertiary/aromatic N) is 2. The number of nitrogens with one attached hydrogen (secondary N) is 2. The topological polar surface area (TPSA) is 78.1 Å². The van der Waals surface area contributed by atoms with Crippen LogP contribution in [0.25, 0.3) is 10.2 Å². The van der Waals surface area contributed by atoms with Crippen LogP contribution >= 0.6 is 11.3 Å². The number of carbonyl (C=O) groups is 1. The van der Waals surface area contributed by atoms with E-state index in [1.807, 2.05) is 4.90 Å². The summed E-state index contributed by atoms with van der Waals surface area (Å²) in [5.41, 5.74) is 1.16. The van der Waals surface area contributed by atoms with E-state index in [2.05, 4.69) is 31.1 Å². The number of piperazine rings is 1. The highest BCUT2D eigenvalue weighted by atomic mass is 32.1. The fraction of sp³-hybridized carbons (Fsp3) is 0.650. The van der Waals surface area contributed by atoms with Crippen LogP contribution in [-0.2, 0) is 24.1 Å². The van der Waals surface area contributed by atoms with Crippen LogP contribution in [0.1, 0.15) is 49.9 Å². The summed E-state index contributed by atoms with van der Waals surface area (Å²) in [6.07, 6.45) is 4.01. The number of fused-ring (bicyclic) bond motifs is 3. The molecule has 3 heterocycles. The van der Waals surface area contributed by atoms with Gasteiger partial charge in [-0.1, -0.05) is 6.92 Å². The third-order valence-corrected chi connectivity index (χ3v) is 7.29. The minimum Gasteiger partial charge on any atom is -0.337 e. The van der Waals surface area contributed by atoms with Crippen molar-refractivity contribution in [2.45, 2.75) is 65.0 Å². The molecule has 0 bridgehead atoms. The fourth-order valence-electron chi connectivity index (χ4n) is 4.29. The number of rotatable bonds is 3. The van der Waals surface area contributed by atoms with Crippen molar-refractivity contribution in [1.82, 2.24) is 20.2 Å². The van der Waals surface area contributed by atoms with Crippen LogP contribution in [-0.4, -0.2) is 45.9 Å². The minimum absolute atomic E-state index is 0.0429. The second kappa shape index (κ2) is 7.36. The van der Waals surface area contributed by atoms with Crippen molar-refractivity contribution in [2.24, 2.45) is 5.92 Å². The van der Waals surface area contributed by atoms with Gasteiger partial charge in [0.2, 0.25) is 5.91 Å². The molecule has 2 aromatic heterocycles. The molecule has 1 fully saturated rings. The Morgan fingerprint density at radius 3 is 2.96 bits per heavy atom. The first-order valence-electron chi connectivity index (χ1n) is 10.0. The largest absolute Gasteiger partial charge is 0.337 e. The SMILES string of the molecule is CC1CCc2c(sc3nc(CCC(=O)N4CCNC(C)C4C)[nH]c(=O)c23)C1. The van der Waals surface area contributed by atoms with Gasteiger partial charge in [-0.3, -0.25) is 9.59 Å². The lowest BCUT2D eigenvalue weighted by Crippen LogP contribution is -2.57. The number of amides is 1. The molecule has 1 saturated heterocycles. The molecule has 0 radical (unpaired) electrons. The van der Waals surface area contributed by atoms with Gasteiger partial charge < -0.3 is 15.2 Å². The van der Waals surface area contributed by atoms with Crippen molar-refractivity contribution in [3.63, 3.8) is 0 Å². The van der Waals surface area contributed by atoms with Gasteiger partial charge in [0.05, 0.1) is 5.39 Å². The molecule has 2 aliphatic rings. The molecule has 27 heavy (non-hydrogen) atoms. The number of H-pyrrole nitrogens is 1. The van der Waals surface area contributed by atoms with Gasteiger partial charge in [-0.15, -0.1) is 11.3 Å². The molecule has 1 aliphatic carbocycles. The average Bonchev–Trinajstić information content (AvgIpc) is 2.99. The predicted octanol–water partition coefficient (Wildman–Crippen LogP) is 2.25. The average molecular weight is 389 g/mol. The molecule has 3 atom stereocenters. The Labute approximate surface area is 163 Å². The zero-order chi connectivity index (χ0) is 19.1. The number of aromatic amines is 1. The van der Waals surface area contributed by atoms with E-state index in [1.165, 1.54) is 10.4 Å². The molecule has 6 nitrogen and oxygen atoms in total. The highest BCUT2D eigenvalue weighted by Gasteiger charge is 2.28. The summed E-state index contributed by atoms with van der Waals surface area (Å²) in [7, 11) is 0. The number of aryl methyl sites for hydroxylation is 2. The van der Waals surface area contributed by atoms with E-state index >= 15 is 0 Å². The van der Waals surface area contributed by atoms with Crippen LogP contribution in [0.2, 0.25) is 0 Å². The summed E-state index contributed by atoms with van der Waals surface area (Å²) in [5.74, 6) is 1.44. The summed E-state index contributed by atoms with van der Waals surface area (Å²) in [6.45, 7) is 8.02. The van der Waals surface area contributed by atoms with Crippen molar-refractivity contribution in [2.75, 3.05) is 13.1 Å². The summed E-state index contributed by atoms with van der Waals surface area (Å²) < 4.78 is 0. The van der Waals surface area contributed by atoms with Crippen LogP contribution in [0, 0.1) is 5.92 Å². The summed E-state index contributed by atoms with van der Waals surface area (Å²) in [5, 5.41) is 4.17. The van der Waals surface area contributed by atoms with Crippen LogP contribution < -0.4 is 10.9 Å². The Balaban J connectivity index is 1.51. The summed E-state index contributed by atoms with van der Waals surface area (Å²) in [6, 6.07) is 0.489. The lowest BCUT2D eigenvalue weighted by atomic mass is 9.89. The molecule has 2 aromatic rings. The Bertz CT molecular complexity index is 919. The highest BCUT2D eigenvalue weighted by molar-refractivity contribution is 7.18. The number of hydrogen-bond donors (Lipinski definition) is 2. The molecule has 7 heteroatoms. The van der Waals surface area contributed by atoms with E-state index in [0.29, 0.717) is 30.6 Å². The molecule has 1 aliphatic heterocycles.